The second-order valence-corrected chi connectivity index (χ2v) is 6.05. The molecule has 23 heavy (non-hydrogen) atoms. The number of carbonyl (C=O) groups is 1. The number of hydrogen-bond donors (Lipinski definition) is 2. The van der Waals surface area contributed by atoms with Gasteiger partial charge in [0, 0.05) is 18.1 Å². The minimum atomic E-state index is -0.0580. The van der Waals surface area contributed by atoms with Crippen molar-refractivity contribution in [2.24, 2.45) is 0 Å². The minimum Gasteiger partial charge on any atom is -0.349 e. The highest BCUT2D eigenvalue weighted by Gasteiger charge is 2.34. The molecule has 2 atom stereocenters. The lowest BCUT2D eigenvalue weighted by Gasteiger charge is -2.29. The molecule has 0 aliphatic carbocycles. The van der Waals surface area contributed by atoms with Gasteiger partial charge < -0.3 is 10.6 Å². The monoisotopic (exact) mass is 334 g/mol. The molecule has 7 nitrogen and oxygen atoms in total. The van der Waals surface area contributed by atoms with Gasteiger partial charge in [-0.15, -0.1) is 17.5 Å². The summed E-state index contributed by atoms with van der Waals surface area (Å²) in [6.45, 7) is 0. The summed E-state index contributed by atoms with van der Waals surface area (Å²) >= 11 is 0. The molecule has 1 amide bonds. The number of nitrogens with one attached hydrogen (secondary N) is 2. The molecule has 0 saturated carbocycles. The van der Waals surface area contributed by atoms with Gasteiger partial charge in [-0.05, 0) is 48.2 Å². The zero-order valence-corrected chi connectivity index (χ0v) is 13.4. The Morgan fingerprint density at radius 1 is 1.22 bits per heavy atom. The van der Waals surface area contributed by atoms with Gasteiger partial charge in [0.25, 0.3) is 5.91 Å². The molecule has 4 rings (SSSR count). The topological polar surface area (TPSA) is 84.7 Å². The number of fused-ring (bicyclic) bond motifs is 2. The molecule has 2 N–H and O–H groups in total. The van der Waals surface area contributed by atoms with Crippen LogP contribution in [0.3, 0.4) is 0 Å². The first-order valence-corrected chi connectivity index (χ1v) is 7.69. The standard InChI is InChI=1S/C15H18N6O.ClH/c22-15(18-12-7-10-5-6-11(8-12)17-10)13-3-1-2-4-14(13)21-9-16-19-20-21;/h1-4,9-12,17H,5-8H2,(H,18,22);1H. The number of benzene rings is 1. The first-order valence-electron chi connectivity index (χ1n) is 7.69. The van der Waals surface area contributed by atoms with Gasteiger partial charge in [0.05, 0.1) is 11.3 Å². The van der Waals surface area contributed by atoms with Crippen molar-refractivity contribution >= 4 is 18.3 Å². The van der Waals surface area contributed by atoms with E-state index in [1.165, 1.54) is 23.9 Å². The van der Waals surface area contributed by atoms with E-state index in [4.69, 9.17) is 0 Å². The van der Waals surface area contributed by atoms with E-state index in [1.807, 2.05) is 24.3 Å². The van der Waals surface area contributed by atoms with Crippen LogP contribution >= 0.6 is 12.4 Å². The smallest absolute Gasteiger partial charge is 0.253 e. The summed E-state index contributed by atoms with van der Waals surface area (Å²) in [6, 6.07) is 8.73. The molecule has 2 unspecified atom stereocenters. The fourth-order valence-corrected chi connectivity index (χ4v) is 3.58. The number of halogens is 1. The van der Waals surface area contributed by atoms with E-state index in [0.29, 0.717) is 23.3 Å². The van der Waals surface area contributed by atoms with Crippen LogP contribution < -0.4 is 10.6 Å². The van der Waals surface area contributed by atoms with Gasteiger partial charge >= 0.3 is 0 Å². The lowest BCUT2D eigenvalue weighted by molar-refractivity contribution is 0.0924. The maximum atomic E-state index is 12.6. The van der Waals surface area contributed by atoms with E-state index in [-0.39, 0.29) is 24.4 Å². The van der Waals surface area contributed by atoms with Crippen LogP contribution in [0.2, 0.25) is 0 Å². The van der Waals surface area contributed by atoms with Crippen molar-refractivity contribution in [1.82, 2.24) is 30.8 Å². The van der Waals surface area contributed by atoms with E-state index in [1.54, 1.807) is 0 Å². The zero-order valence-electron chi connectivity index (χ0n) is 12.6. The van der Waals surface area contributed by atoms with Crippen molar-refractivity contribution in [3.05, 3.63) is 36.2 Å². The number of hydrogen-bond acceptors (Lipinski definition) is 5. The Kier molecular flexibility index (Phi) is 4.58. The van der Waals surface area contributed by atoms with Crippen molar-refractivity contribution in [1.29, 1.82) is 0 Å². The van der Waals surface area contributed by atoms with Crippen LogP contribution in [0.4, 0.5) is 0 Å². The summed E-state index contributed by atoms with van der Waals surface area (Å²) in [5.74, 6) is -0.0580. The van der Waals surface area contributed by atoms with Crippen LogP contribution in [0, 0.1) is 0 Å². The fraction of sp³-hybridized carbons (Fsp3) is 0.467. The minimum absolute atomic E-state index is 0. The summed E-state index contributed by atoms with van der Waals surface area (Å²) in [5, 5.41) is 17.9. The second-order valence-electron chi connectivity index (χ2n) is 6.05. The second kappa shape index (κ2) is 6.64. The number of piperidine rings is 1. The Hall–Kier alpha value is -1.99. The zero-order chi connectivity index (χ0) is 14.9. The maximum absolute atomic E-state index is 12.6. The van der Waals surface area contributed by atoms with Crippen LogP contribution in [0.5, 0.6) is 0 Å². The predicted octanol–water partition coefficient (Wildman–Crippen LogP) is 1.10. The molecule has 2 aromatic rings. The van der Waals surface area contributed by atoms with Crippen molar-refractivity contribution in [2.45, 2.75) is 43.8 Å². The molecule has 1 aromatic carbocycles. The normalized spacial score (nSPS) is 25.7. The molecule has 3 heterocycles. The molecule has 1 aromatic heterocycles. The summed E-state index contributed by atoms with van der Waals surface area (Å²) in [6.07, 6.45) is 5.96. The van der Waals surface area contributed by atoms with Gasteiger partial charge in [0.2, 0.25) is 0 Å². The summed E-state index contributed by atoms with van der Waals surface area (Å²) in [7, 11) is 0. The number of carbonyl (C=O) groups excluding carboxylic acids is 1. The average molecular weight is 335 g/mol. The third-order valence-corrected chi connectivity index (χ3v) is 4.55. The number of nitrogens with zero attached hydrogens (tertiary/aromatic N) is 4. The number of tetrazole rings is 1. The van der Waals surface area contributed by atoms with Gasteiger partial charge in [-0.25, -0.2) is 0 Å². The molecule has 2 aliphatic rings. The van der Waals surface area contributed by atoms with Crippen molar-refractivity contribution in [2.75, 3.05) is 0 Å². The number of amides is 1. The van der Waals surface area contributed by atoms with Gasteiger partial charge in [-0.2, -0.15) is 4.68 Å². The Morgan fingerprint density at radius 3 is 2.65 bits per heavy atom. The lowest BCUT2D eigenvalue weighted by Crippen LogP contribution is -2.48. The first kappa shape index (κ1) is 15.9. The van der Waals surface area contributed by atoms with Crippen LogP contribution in [0.25, 0.3) is 5.69 Å². The van der Waals surface area contributed by atoms with Crippen molar-refractivity contribution < 1.29 is 4.79 Å². The molecule has 8 heteroatoms. The number of para-hydroxylation sites is 1. The SMILES string of the molecule is Cl.O=C(NC1CC2CCC(C1)N2)c1ccccc1-n1cnnn1. The van der Waals surface area contributed by atoms with Crippen LogP contribution in [-0.4, -0.2) is 44.2 Å². The van der Waals surface area contributed by atoms with E-state index in [0.717, 1.165) is 12.8 Å². The number of aromatic nitrogens is 4. The third-order valence-electron chi connectivity index (χ3n) is 4.55. The molecule has 0 radical (unpaired) electrons. The first-order chi connectivity index (χ1) is 10.8. The average Bonchev–Trinajstić information content (AvgIpc) is 3.17. The van der Waals surface area contributed by atoms with Crippen molar-refractivity contribution in [3.63, 3.8) is 0 Å². The third kappa shape index (κ3) is 3.20. The summed E-state index contributed by atoms with van der Waals surface area (Å²) in [5.41, 5.74) is 1.29. The highest BCUT2D eigenvalue weighted by Crippen LogP contribution is 2.27. The molecule has 2 saturated heterocycles. The Labute approximate surface area is 140 Å². The van der Waals surface area contributed by atoms with Crippen LogP contribution in [0.15, 0.2) is 30.6 Å². The Bertz CT molecular complexity index is 664. The highest BCUT2D eigenvalue weighted by molar-refractivity contribution is 5.97. The molecule has 2 aliphatic heterocycles. The maximum Gasteiger partial charge on any atom is 0.253 e. The largest absolute Gasteiger partial charge is 0.349 e. The quantitative estimate of drug-likeness (QED) is 0.878. The van der Waals surface area contributed by atoms with E-state index < -0.39 is 0 Å². The molecule has 2 fully saturated rings. The predicted molar refractivity (Wildman–Crippen MR) is 86.8 cm³/mol. The van der Waals surface area contributed by atoms with E-state index >= 15 is 0 Å². The molecule has 0 spiro atoms. The summed E-state index contributed by atoms with van der Waals surface area (Å²) in [4.78, 5) is 12.6. The van der Waals surface area contributed by atoms with E-state index in [9.17, 15) is 4.79 Å². The summed E-state index contributed by atoms with van der Waals surface area (Å²) < 4.78 is 1.51. The van der Waals surface area contributed by atoms with Gasteiger partial charge in [-0.1, -0.05) is 12.1 Å². The molecular weight excluding hydrogens is 316 g/mol. The fourth-order valence-electron chi connectivity index (χ4n) is 3.58. The number of rotatable bonds is 3. The van der Waals surface area contributed by atoms with Crippen molar-refractivity contribution in [3.8, 4) is 5.69 Å². The Balaban J connectivity index is 0.00000156. The molecule has 122 valence electrons. The van der Waals surface area contributed by atoms with Gasteiger partial charge in [0.1, 0.15) is 6.33 Å². The van der Waals surface area contributed by atoms with Gasteiger partial charge in [-0.3, -0.25) is 4.79 Å². The van der Waals surface area contributed by atoms with Crippen LogP contribution in [-0.2, 0) is 0 Å². The lowest BCUT2D eigenvalue weighted by atomic mass is 9.99. The van der Waals surface area contributed by atoms with E-state index in [2.05, 4.69) is 26.2 Å². The van der Waals surface area contributed by atoms with Gasteiger partial charge in [0.15, 0.2) is 0 Å². The highest BCUT2D eigenvalue weighted by atomic mass is 35.5. The van der Waals surface area contributed by atoms with Crippen LogP contribution in [0.1, 0.15) is 36.0 Å². The molecule has 2 bridgehead atoms. The Morgan fingerprint density at radius 2 is 1.96 bits per heavy atom. The molecular formula is C15H19ClN6O.